The molecular formula is C19H26FN5S. The van der Waals surface area contributed by atoms with Gasteiger partial charge in [0.1, 0.15) is 5.82 Å². The molecule has 0 saturated carbocycles. The van der Waals surface area contributed by atoms with E-state index in [1.807, 2.05) is 24.0 Å². The molecule has 2 heterocycles. The number of rotatable bonds is 6. The van der Waals surface area contributed by atoms with Crippen molar-refractivity contribution in [3.63, 3.8) is 0 Å². The highest BCUT2D eigenvalue weighted by molar-refractivity contribution is 8.00. The van der Waals surface area contributed by atoms with E-state index in [0.717, 1.165) is 36.9 Å². The Balaban J connectivity index is 1.46. The fraction of sp³-hybridized carbons (Fsp3) is 0.474. The summed E-state index contributed by atoms with van der Waals surface area (Å²) in [5, 5.41) is 11.3. The number of thioether (sulfide) groups is 1. The Morgan fingerprint density at radius 2 is 2.12 bits per heavy atom. The van der Waals surface area contributed by atoms with Crippen molar-refractivity contribution in [2.75, 3.05) is 25.9 Å². The molecule has 2 N–H and O–H groups in total. The van der Waals surface area contributed by atoms with Crippen LogP contribution in [0.5, 0.6) is 0 Å². The Kier molecular flexibility index (Phi) is 6.19. The van der Waals surface area contributed by atoms with E-state index in [1.54, 1.807) is 23.9 Å². The Labute approximate surface area is 158 Å². The molecule has 0 radical (unpaired) electrons. The van der Waals surface area contributed by atoms with Gasteiger partial charge in [-0.05, 0) is 55.9 Å². The number of aromatic nitrogens is 2. The number of hydrogen-bond acceptors (Lipinski definition) is 3. The summed E-state index contributed by atoms with van der Waals surface area (Å²) in [6.45, 7) is 3.99. The van der Waals surface area contributed by atoms with Crippen molar-refractivity contribution in [2.24, 2.45) is 4.99 Å². The zero-order chi connectivity index (χ0) is 18.4. The zero-order valence-electron chi connectivity index (χ0n) is 15.3. The molecular weight excluding hydrogens is 349 g/mol. The number of nitrogens with one attached hydrogen (secondary N) is 2. The van der Waals surface area contributed by atoms with Gasteiger partial charge < -0.3 is 10.6 Å². The highest BCUT2D eigenvalue weighted by Crippen LogP contribution is 2.36. The Morgan fingerprint density at radius 3 is 2.81 bits per heavy atom. The minimum Gasteiger partial charge on any atom is -0.356 e. The van der Waals surface area contributed by atoms with Gasteiger partial charge in [-0.25, -0.2) is 9.07 Å². The lowest BCUT2D eigenvalue weighted by Crippen LogP contribution is -2.44. The van der Waals surface area contributed by atoms with Crippen LogP contribution in [0.2, 0.25) is 0 Å². The Morgan fingerprint density at radius 1 is 1.31 bits per heavy atom. The van der Waals surface area contributed by atoms with Gasteiger partial charge in [-0.3, -0.25) is 4.99 Å². The maximum atomic E-state index is 13.0. The summed E-state index contributed by atoms with van der Waals surface area (Å²) in [7, 11) is 1.79. The molecule has 0 amide bonds. The summed E-state index contributed by atoms with van der Waals surface area (Å²) in [6.07, 6.45) is 5.24. The predicted molar refractivity (Wildman–Crippen MR) is 107 cm³/mol. The first-order chi connectivity index (χ1) is 12.6. The average molecular weight is 376 g/mol. The number of nitrogens with zero attached hydrogens (tertiary/aromatic N) is 3. The van der Waals surface area contributed by atoms with Gasteiger partial charge in [-0.15, -0.1) is 0 Å². The maximum Gasteiger partial charge on any atom is 0.191 e. The van der Waals surface area contributed by atoms with Crippen LogP contribution in [0.15, 0.2) is 41.5 Å². The number of guanidine groups is 1. The Hall–Kier alpha value is -2.02. The van der Waals surface area contributed by atoms with E-state index in [0.29, 0.717) is 4.75 Å². The van der Waals surface area contributed by atoms with Crippen LogP contribution in [-0.2, 0) is 6.42 Å². The molecule has 5 nitrogen and oxygen atoms in total. The van der Waals surface area contributed by atoms with Crippen LogP contribution >= 0.6 is 11.8 Å². The zero-order valence-corrected chi connectivity index (χ0v) is 16.2. The highest BCUT2D eigenvalue weighted by atomic mass is 32.2. The lowest BCUT2D eigenvalue weighted by molar-refractivity contribution is 0.584. The molecule has 7 heteroatoms. The molecule has 1 atom stereocenters. The molecule has 1 fully saturated rings. The van der Waals surface area contributed by atoms with Crippen molar-refractivity contribution in [1.29, 1.82) is 0 Å². The average Bonchev–Trinajstić information content (AvgIpc) is 3.28. The molecule has 1 aliphatic heterocycles. The molecule has 140 valence electrons. The van der Waals surface area contributed by atoms with E-state index in [4.69, 9.17) is 0 Å². The van der Waals surface area contributed by atoms with Gasteiger partial charge in [-0.1, -0.05) is 0 Å². The molecule has 1 aromatic carbocycles. The highest BCUT2D eigenvalue weighted by Gasteiger charge is 2.29. The van der Waals surface area contributed by atoms with Crippen LogP contribution in [0.4, 0.5) is 4.39 Å². The molecule has 1 aromatic heterocycles. The minimum atomic E-state index is -0.242. The van der Waals surface area contributed by atoms with E-state index in [1.165, 1.54) is 30.7 Å². The van der Waals surface area contributed by atoms with Crippen molar-refractivity contribution in [3.8, 4) is 5.69 Å². The fourth-order valence-electron chi connectivity index (χ4n) is 3.01. The minimum absolute atomic E-state index is 0.242. The smallest absolute Gasteiger partial charge is 0.191 e. The molecule has 3 rings (SSSR count). The van der Waals surface area contributed by atoms with Gasteiger partial charge in [0.2, 0.25) is 0 Å². The molecule has 0 aliphatic carbocycles. The largest absolute Gasteiger partial charge is 0.356 e. The number of benzene rings is 1. The number of aliphatic imine (C=N–C) groups is 1. The second-order valence-corrected chi connectivity index (χ2v) is 8.42. The van der Waals surface area contributed by atoms with Crippen molar-refractivity contribution in [2.45, 2.75) is 30.9 Å². The monoisotopic (exact) mass is 375 g/mol. The van der Waals surface area contributed by atoms with Gasteiger partial charge in [0.15, 0.2) is 5.96 Å². The third-order valence-electron chi connectivity index (χ3n) is 4.56. The lowest BCUT2D eigenvalue weighted by atomic mass is 10.1. The van der Waals surface area contributed by atoms with Crippen molar-refractivity contribution in [3.05, 3.63) is 48.0 Å². The summed E-state index contributed by atoms with van der Waals surface area (Å²) >= 11 is 2.04. The maximum absolute atomic E-state index is 13.0. The van der Waals surface area contributed by atoms with E-state index >= 15 is 0 Å². The normalized spacial score (nSPS) is 20.3. The van der Waals surface area contributed by atoms with Crippen LogP contribution in [0.3, 0.4) is 0 Å². The third kappa shape index (κ3) is 5.00. The molecule has 26 heavy (non-hydrogen) atoms. The summed E-state index contributed by atoms with van der Waals surface area (Å²) in [5.74, 6) is 1.84. The molecule has 0 spiro atoms. The fourth-order valence-corrected chi connectivity index (χ4v) is 4.25. The first-order valence-electron chi connectivity index (χ1n) is 8.97. The van der Waals surface area contributed by atoms with Gasteiger partial charge in [0, 0.05) is 37.5 Å². The standard InChI is InChI=1S/C19H26FN5S/c1-19(10-3-13-26-19)14-23-18(21-2)22-11-8-16-9-12-25(24-16)17-6-4-15(20)5-7-17/h4-7,9,12H,3,8,10-11,13-14H2,1-2H3,(H2,21,22,23). The summed E-state index contributed by atoms with van der Waals surface area (Å²) in [4.78, 5) is 4.30. The molecule has 0 bridgehead atoms. The summed E-state index contributed by atoms with van der Waals surface area (Å²) < 4.78 is 15.1. The lowest BCUT2D eigenvalue weighted by Gasteiger charge is -2.24. The molecule has 1 unspecified atom stereocenters. The van der Waals surface area contributed by atoms with E-state index in [9.17, 15) is 4.39 Å². The van der Waals surface area contributed by atoms with Crippen molar-refractivity contribution >= 4 is 17.7 Å². The summed E-state index contributed by atoms with van der Waals surface area (Å²) in [6, 6.07) is 8.31. The SMILES string of the molecule is CN=C(NCCc1ccn(-c2ccc(F)cc2)n1)NCC1(C)CCCS1. The number of hydrogen-bond donors (Lipinski definition) is 2. The van der Waals surface area contributed by atoms with Crippen molar-refractivity contribution < 1.29 is 4.39 Å². The third-order valence-corrected chi connectivity index (χ3v) is 6.10. The summed E-state index contributed by atoms with van der Waals surface area (Å²) in [5.41, 5.74) is 1.83. The molecule has 2 aromatic rings. The van der Waals surface area contributed by atoms with Gasteiger partial charge in [-0.2, -0.15) is 16.9 Å². The Bertz CT molecular complexity index is 735. The van der Waals surface area contributed by atoms with E-state index in [2.05, 4.69) is 27.6 Å². The first-order valence-corrected chi connectivity index (χ1v) is 9.95. The van der Waals surface area contributed by atoms with Crippen molar-refractivity contribution in [1.82, 2.24) is 20.4 Å². The van der Waals surface area contributed by atoms with Gasteiger partial charge in [0.25, 0.3) is 0 Å². The van der Waals surface area contributed by atoms with E-state index < -0.39 is 0 Å². The van der Waals surface area contributed by atoms with Crippen LogP contribution in [0.25, 0.3) is 5.69 Å². The topological polar surface area (TPSA) is 54.2 Å². The van der Waals surface area contributed by atoms with Crippen LogP contribution in [-0.4, -0.2) is 46.4 Å². The quantitative estimate of drug-likeness (QED) is 0.602. The van der Waals surface area contributed by atoms with Gasteiger partial charge >= 0.3 is 0 Å². The van der Waals surface area contributed by atoms with Crippen LogP contribution < -0.4 is 10.6 Å². The second kappa shape index (κ2) is 8.58. The first kappa shape index (κ1) is 18.8. The van der Waals surface area contributed by atoms with Crippen LogP contribution in [0.1, 0.15) is 25.5 Å². The van der Waals surface area contributed by atoms with E-state index in [-0.39, 0.29) is 5.82 Å². The van der Waals surface area contributed by atoms with Gasteiger partial charge in [0.05, 0.1) is 11.4 Å². The molecule has 1 saturated heterocycles. The van der Waals surface area contributed by atoms with Crippen LogP contribution in [0, 0.1) is 5.82 Å². The number of halogens is 1. The molecule has 1 aliphatic rings. The second-order valence-electron chi connectivity index (χ2n) is 6.73. The predicted octanol–water partition coefficient (Wildman–Crippen LogP) is 3.00.